The number of hydrogen-bond donors (Lipinski definition) is 1. The van der Waals surface area contributed by atoms with Crippen LogP contribution >= 0.6 is 0 Å². The van der Waals surface area contributed by atoms with E-state index in [0.717, 1.165) is 30.9 Å². The Hall–Kier alpha value is -2.75. The first-order chi connectivity index (χ1) is 11.8. The van der Waals surface area contributed by atoms with E-state index in [1.165, 1.54) is 16.5 Å². The predicted octanol–water partition coefficient (Wildman–Crippen LogP) is 2.94. The van der Waals surface area contributed by atoms with Gasteiger partial charge >= 0.3 is 0 Å². The third-order valence-corrected chi connectivity index (χ3v) is 4.48. The van der Waals surface area contributed by atoms with Gasteiger partial charge in [0.2, 0.25) is 5.91 Å². The molecule has 4 nitrogen and oxygen atoms in total. The Balaban J connectivity index is 1.32. The van der Waals surface area contributed by atoms with Crippen LogP contribution < -0.4 is 10.1 Å². The van der Waals surface area contributed by atoms with Gasteiger partial charge in [0.1, 0.15) is 5.75 Å². The van der Waals surface area contributed by atoms with E-state index >= 15 is 0 Å². The number of nitrogens with zero attached hydrogens (tertiary/aromatic N) is 1. The number of rotatable bonds is 5. The fourth-order valence-corrected chi connectivity index (χ4v) is 3.22. The average Bonchev–Trinajstić information content (AvgIpc) is 3.21. The number of aromatic nitrogens is 1. The van der Waals surface area contributed by atoms with Crippen molar-refractivity contribution < 1.29 is 9.53 Å². The molecule has 2 aromatic carbocycles. The van der Waals surface area contributed by atoms with Gasteiger partial charge in [-0.3, -0.25) is 4.79 Å². The Kier molecular flexibility index (Phi) is 3.95. The van der Waals surface area contributed by atoms with Crippen molar-refractivity contribution in [1.29, 1.82) is 0 Å². The summed E-state index contributed by atoms with van der Waals surface area (Å²) in [6.45, 7) is 2.14. The van der Waals surface area contributed by atoms with Gasteiger partial charge in [0.05, 0.1) is 13.0 Å². The maximum absolute atomic E-state index is 12.1. The second-order valence-electron chi connectivity index (χ2n) is 6.14. The van der Waals surface area contributed by atoms with Crippen LogP contribution in [-0.2, 0) is 24.2 Å². The van der Waals surface area contributed by atoms with Gasteiger partial charge in [-0.2, -0.15) is 0 Å². The van der Waals surface area contributed by atoms with Crippen molar-refractivity contribution in [3.8, 4) is 5.75 Å². The molecule has 0 saturated carbocycles. The Labute approximate surface area is 141 Å². The van der Waals surface area contributed by atoms with Gasteiger partial charge < -0.3 is 14.6 Å². The lowest BCUT2D eigenvalue weighted by molar-refractivity contribution is -0.120. The largest absolute Gasteiger partial charge is 0.493 e. The zero-order valence-electron chi connectivity index (χ0n) is 13.5. The van der Waals surface area contributed by atoms with E-state index in [9.17, 15) is 4.79 Å². The minimum Gasteiger partial charge on any atom is -0.493 e. The van der Waals surface area contributed by atoms with Crippen LogP contribution in [0.1, 0.15) is 11.1 Å². The summed E-state index contributed by atoms with van der Waals surface area (Å²) in [7, 11) is 0. The number of benzene rings is 2. The Morgan fingerprint density at radius 2 is 2.08 bits per heavy atom. The molecular formula is C20H20N2O2. The molecular weight excluding hydrogens is 300 g/mol. The van der Waals surface area contributed by atoms with E-state index in [1.807, 2.05) is 24.3 Å². The lowest BCUT2D eigenvalue weighted by Crippen LogP contribution is -2.28. The molecule has 1 aliphatic rings. The fraction of sp³-hybridized carbons (Fsp3) is 0.250. The number of ether oxygens (including phenoxy) is 1. The monoisotopic (exact) mass is 320 g/mol. The second kappa shape index (κ2) is 6.40. The Morgan fingerprint density at radius 1 is 1.17 bits per heavy atom. The average molecular weight is 320 g/mol. The first-order valence-corrected chi connectivity index (χ1v) is 8.35. The Bertz CT molecular complexity index is 882. The van der Waals surface area contributed by atoms with Crippen molar-refractivity contribution in [3.63, 3.8) is 0 Å². The molecule has 0 bridgehead atoms. The molecule has 4 rings (SSSR count). The highest BCUT2D eigenvalue weighted by atomic mass is 16.5. The molecule has 1 aromatic heterocycles. The number of hydrogen-bond acceptors (Lipinski definition) is 2. The molecule has 0 fully saturated rings. The highest BCUT2D eigenvalue weighted by molar-refractivity contribution is 5.80. The number of carbonyl (C=O) groups is 1. The molecule has 0 radical (unpaired) electrons. The molecule has 24 heavy (non-hydrogen) atoms. The quantitative estimate of drug-likeness (QED) is 0.785. The molecule has 0 atom stereocenters. The van der Waals surface area contributed by atoms with Crippen LogP contribution in [0, 0.1) is 0 Å². The summed E-state index contributed by atoms with van der Waals surface area (Å²) in [6.07, 6.45) is 3.42. The number of nitrogens with one attached hydrogen (secondary N) is 1. The van der Waals surface area contributed by atoms with Crippen LogP contribution in [0.4, 0.5) is 0 Å². The van der Waals surface area contributed by atoms with E-state index in [2.05, 4.69) is 40.3 Å². The molecule has 4 heteroatoms. The van der Waals surface area contributed by atoms with E-state index in [1.54, 1.807) is 0 Å². The third kappa shape index (κ3) is 3.00. The summed E-state index contributed by atoms with van der Waals surface area (Å²) in [5.74, 6) is 0.975. The first kappa shape index (κ1) is 14.8. The zero-order valence-corrected chi connectivity index (χ0v) is 13.5. The molecule has 1 aliphatic heterocycles. The summed E-state index contributed by atoms with van der Waals surface area (Å²) in [5, 5.41) is 4.23. The topological polar surface area (TPSA) is 43.3 Å². The van der Waals surface area contributed by atoms with E-state index in [0.29, 0.717) is 13.0 Å². The summed E-state index contributed by atoms with van der Waals surface area (Å²) < 4.78 is 7.72. The van der Waals surface area contributed by atoms with E-state index < -0.39 is 0 Å². The van der Waals surface area contributed by atoms with Crippen molar-refractivity contribution in [2.75, 3.05) is 13.2 Å². The van der Waals surface area contributed by atoms with Crippen LogP contribution in [0.5, 0.6) is 5.75 Å². The summed E-state index contributed by atoms with van der Waals surface area (Å²) in [6, 6.07) is 16.4. The summed E-state index contributed by atoms with van der Waals surface area (Å²) >= 11 is 0. The standard InChI is InChI=1S/C20H20N2O2/c23-20(14-15-5-6-17-8-12-24-19(17)13-15)21-9-11-22-10-7-16-3-1-2-4-18(16)22/h1-7,10,13H,8-9,11-12,14H2,(H,21,23). The van der Waals surface area contributed by atoms with Crippen molar-refractivity contribution in [3.05, 3.63) is 65.9 Å². The van der Waals surface area contributed by atoms with Gasteiger partial charge in [-0.05, 0) is 34.7 Å². The van der Waals surface area contributed by atoms with Crippen molar-refractivity contribution in [1.82, 2.24) is 9.88 Å². The molecule has 0 saturated heterocycles. The van der Waals surface area contributed by atoms with Gasteiger partial charge in [-0.1, -0.05) is 30.3 Å². The highest BCUT2D eigenvalue weighted by Gasteiger charge is 2.13. The van der Waals surface area contributed by atoms with Crippen LogP contribution in [0.2, 0.25) is 0 Å². The molecule has 1 N–H and O–H groups in total. The normalized spacial score (nSPS) is 12.8. The van der Waals surface area contributed by atoms with Crippen LogP contribution in [0.25, 0.3) is 10.9 Å². The van der Waals surface area contributed by atoms with Gasteiger partial charge in [0.15, 0.2) is 0 Å². The molecule has 2 heterocycles. The third-order valence-electron chi connectivity index (χ3n) is 4.48. The van der Waals surface area contributed by atoms with Crippen molar-refractivity contribution in [2.45, 2.75) is 19.4 Å². The van der Waals surface area contributed by atoms with Crippen LogP contribution in [0.3, 0.4) is 0 Å². The van der Waals surface area contributed by atoms with E-state index in [-0.39, 0.29) is 5.91 Å². The van der Waals surface area contributed by atoms with Crippen molar-refractivity contribution in [2.24, 2.45) is 0 Å². The molecule has 0 unspecified atom stereocenters. The molecule has 1 amide bonds. The smallest absolute Gasteiger partial charge is 0.224 e. The lowest BCUT2D eigenvalue weighted by atomic mass is 10.1. The predicted molar refractivity (Wildman–Crippen MR) is 94.3 cm³/mol. The van der Waals surface area contributed by atoms with Crippen LogP contribution in [-0.4, -0.2) is 23.6 Å². The molecule has 122 valence electrons. The van der Waals surface area contributed by atoms with Gasteiger partial charge in [0.25, 0.3) is 0 Å². The molecule has 0 spiro atoms. The maximum Gasteiger partial charge on any atom is 0.224 e. The number of carbonyl (C=O) groups excluding carboxylic acids is 1. The highest BCUT2D eigenvalue weighted by Crippen LogP contribution is 2.26. The number of fused-ring (bicyclic) bond motifs is 2. The summed E-state index contributed by atoms with van der Waals surface area (Å²) in [5.41, 5.74) is 3.43. The molecule has 0 aliphatic carbocycles. The lowest BCUT2D eigenvalue weighted by Gasteiger charge is -2.08. The fourth-order valence-electron chi connectivity index (χ4n) is 3.22. The summed E-state index contributed by atoms with van der Waals surface area (Å²) in [4.78, 5) is 12.1. The second-order valence-corrected chi connectivity index (χ2v) is 6.14. The maximum atomic E-state index is 12.1. The first-order valence-electron chi connectivity index (χ1n) is 8.35. The Morgan fingerprint density at radius 3 is 3.04 bits per heavy atom. The minimum atomic E-state index is 0.0457. The zero-order chi connectivity index (χ0) is 16.4. The number of amides is 1. The van der Waals surface area contributed by atoms with E-state index in [4.69, 9.17) is 4.74 Å². The van der Waals surface area contributed by atoms with Crippen LogP contribution in [0.15, 0.2) is 54.7 Å². The molecule has 3 aromatic rings. The van der Waals surface area contributed by atoms with Gasteiger partial charge in [-0.25, -0.2) is 0 Å². The SMILES string of the molecule is O=C(Cc1ccc2c(c1)OCC2)NCCn1ccc2ccccc21. The minimum absolute atomic E-state index is 0.0457. The number of para-hydroxylation sites is 1. The van der Waals surface area contributed by atoms with Crippen molar-refractivity contribution >= 4 is 16.8 Å². The van der Waals surface area contributed by atoms with Gasteiger partial charge in [0, 0.05) is 31.2 Å². The van der Waals surface area contributed by atoms with Gasteiger partial charge in [-0.15, -0.1) is 0 Å².